The maximum atomic E-state index is 16.0. The number of ether oxygens (including phenoxy) is 3. The van der Waals surface area contributed by atoms with Crippen molar-refractivity contribution in [1.82, 2.24) is 46.0 Å². The van der Waals surface area contributed by atoms with Crippen molar-refractivity contribution in [2.45, 2.75) is 108 Å². The summed E-state index contributed by atoms with van der Waals surface area (Å²) < 4.78 is 160. The average molecular weight is 1120 g/mol. The second-order valence-corrected chi connectivity index (χ2v) is 20.4. The molecule has 2 aromatic carbocycles. The van der Waals surface area contributed by atoms with Crippen molar-refractivity contribution in [2.24, 2.45) is 10.8 Å². The number of methoxy groups -OCH3 is 2. The summed E-state index contributed by atoms with van der Waals surface area (Å²) in [6.07, 6.45) is -12.3. The van der Waals surface area contributed by atoms with Crippen LogP contribution in [0.3, 0.4) is 0 Å². The number of pyridine rings is 1. The van der Waals surface area contributed by atoms with Gasteiger partial charge >= 0.3 is 31.1 Å². The number of aromatic nitrogens is 3. The van der Waals surface area contributed by atoms with Crippen LogP contribution in [-0.4, -0.2) is 156 Å². The van der Waals surface area contributed by atoms with E-state index in [1.807, 2.05) is 22.9 Å². The Morgan fingerprint density at radius 3 is 1.79 bits per heavy atom. The Morgan fingerprint density at radius 2 is 1.32 bits per heavy atom. The molecule has 28 heteroatoms. The molecule has 4 aromatic rings. The van der Waals surface area contributed by atoms with E-state index in [4.69, 9.17) is 9.72 Å². The number of aliphatic hydroxyl groups is 1. The van der Waals surface area contributed by atoms with Gasteiger partial charge in [0.05, 0.1) is 62.1 Å². The Labute approximate surface area is 440 Å². The number of alkyl halides is 8. The number of hydrogen-bond donors (Lipinski definition) is 5. The number of nitrogens with one attached hydrogen (secondary N) is 4. The molecule has 2 unspecified atom stereocenters. The van der Waals surface area contributed by atoms with Crippen LogP contribution in [0.5, 0.6) is 0 Å². The van der Waals surface area contributed by atoms with E-state index in [-0.39, 0.29) is 15.9 Å². The molecule has 2 aromatic heterocycles. The molecule has 78 heavy (non-hydrogen) atoms. The molecular formula is C50H58F10N10O8. The molecule has 2 bridgehead atoms. The summed E-state index contributed by atoms with van der Waals surface area (Å²) in [5, 5.41) is 22.1. The molecule has 0 radical (unpaired) electrons. The topological polar surface area (TPSA) is 205 Å². The van der Waals surface area contributed by atoms with Crippen molar-refractivity contribution >= 4 is 29.8 Å². The molecule has 4 fully saturated rings. The minimum absolute atomic E-state index is 0.202. The molecule has 4 aliphatic rings. The summed E-state index contributed by atoms with van der Waals surface area (Å²) in [7, 11) is 1.61. The number of anilines is 1. The van der Waals surface area contributed by atoms with E-state index in [0.717, 1.165) is 65.0 Å². The van der Waals surface area contributed by atoms with Crippen LogP contribution >= 0.6 is 0 Å². The maximum Gasteiger partial charge on any atom is 0.407 e. The number of nitrogens with zero attached hydrogens (tertiary/aromatic N) is 6. The highest BCUT2D eigenvalue weighted by atomic mass is 19.4. The average Bonchev–Trinajstić information content (AvgIpc) is 3.90. The van der Waals surface area contributed by atoms with Crippen molar-refractivity contribution in [3.8, 4) is 22.4 Å². The van der Waals surface area contributed by atoms with Crippen LogP contribution in [0.1, 0.15) is 51.8 Å². The first-order valence-electron chi connectivity index (χ1n) is 24.4. The minimum atomic E-state index is -5.23. The lowest BCUT2D eigenvalue weighted by molar-refractivity contribution is -0.221. The smallest absolute Gasteiger partial charge is 0.407 e. The number of carbonyl (C=O) groups excluding carboxylic acids is 4. The number of halogens is 10. The van der Waals surface area contributed by atoms with Gasteiger partial charge < -0.3 is 40.2 Å². The highest BCUT2D eigenvalue weighted by molar-refractivity contribution is 5.87. The van der Waals surface area contributed by atoms with Gasteiger partial charge in [0.15, 0.2) is 0 Å². The summed E-state index contributed by atoms with van der Waals surface area (Å²) in [5.41, 5.74) is -4.04. The Kier molecular flexibility index (Phi) is 17.6. The van der Waals surface area contributed by atoms with Gasteiger partial charge in [0, 0.05) is 67.3 Å². The van der Waals surface area contributed by atoms with Gasteiger partial charge in [0.1, 0.15) is 29.5 Å². The Balaban J connectivity index is 1.20. The van der Waals surface area contributed by atoms with Crippen LogP contribution in [0, 0.1) is 22.5 Å². The molecule has 5 N–H and O–H groups in total. The molecule has 426 valence electrons. The quantitative estimate of drug-likeness (QED) is 0.0475. The first-order valence-corrected chi connectivity index (χ1v) is 24.4. The van der Waals surface area contributed by atoms with Crippen molar-refractivity contribution in [3.63, 3.8) is 0 Å². The lowest BCUT2D eigenvalue weighted by Gasteiger charge is -2.60. The van der Waals surface area contributed by atoms with E-state index in [0.29, 0.717) is 79.7 Å². The SMILES string of the molecule is COC(=O)N[C@H](C(=O)N[C@@H](Cc1ccc(-c2ccc(N3CC4CC(C3)N4C3COC3)nc2)cc1)[C@@H](O)CN(Cc1c(F)cc(-c2ccn(C(F)F)n2)cc1F)NC(=O)[C@@H](NC(=O)OC)C(C)(C)C(F)(F)F)C(C)(C)C(F)(F)F. The third kappa shape index (κ3) is 12.9. The highest BCUT2D eigenvalue weighted by Gasteiger charge is 2.57. The summed E-state index contributed by atoms with van der Waals surface area (Å²) in [5.74, 6) is -5.27. The lowest BCUT2D eigenvalue weighted by atomic mass is 9.82. The normalized spacial score (nSPS) is 18.8. The standard InChI is InChI=1S/C50H58F10N10O8/c1-47(2,49(55,56)57)40(63-45(74)76-5)42(72)62-37(15-26-7-9-27(10-8-26)28-11-12-39(61-19-28)67-20-30-18-31(21-67)70(30)32-24-78-25-32)38(71)23-68(66-43(73)41(64-46(75)77-6)48(3,4)50(58,59)60)22-33-34(51)16-29(17-35(33)52)36-13-14-69(65-36)44(53)54/h7-14,16-17,19,30-32,37-38,40-41,44,71H,15,18,20-25H2,1-6H3,(H,62,72)(H,63,74)(H,64,75)(H,66,73)/t30?,31?,37-,38-,40+,41+/m0/s1. The number of hydrazine groups is 1. The van der Waals surface area contributed by atoms with Gasteiger partial charge in [-0.15, -0.1) is 0 Å². The molecule has 18 nitrogen and oxygen atoms in total. The van der Waals surface area contributed by atoms with E-state index in [1.54, 1.807) is 35.8 Å². The van der Waals surface area contributed by atoms with E-state index in [9.17, 15) is 59.4 Å². The Hall–Kier alpha value is -6.78. The van der Waals surface area contributed by atoms with Gasteiger partial charge in [0.25, 0.3) is 5.91 Å². The van der Waals surface area contributed by atoms with E-state index < -0.39 is 115 Å². The summed E-state index contributed by atoms with van der Waals surface area (Å²) in [4.78, 5) is 62.3. The second kappa shape index (κ2) is 23.3. The molecule has 4 saturated heterocycles. The number of piperidine rings is 1. The van der Waals surface area contributed by atoms with Crippen LogP contribution in [-0.2, 0) is 36.8 Å². The Morgan fingerprint density at radius 1 is 0.769 bits per heavy atom. The molecule has 0 aliphatic carbocycles. The van der Waals surface area contributed by atoms with Crippen LogP contribution in [0.25, 0.3) is 22.4 Å². The molecular weight excluding hydrogens is 1060 g/mol. The summed E-state index contributed by atoms with van der Waals surface area (Å²) in [6, 6.07) is 6.98. The molecule has 4 aliphatic heterocycles. The number of aliphatic hydroxyl groups excluding tert-OH is 1. The fraction of sp³-hybridized carbons (Fsp3) is 0.520. The zero-order valence-electron chi connectivity index (χ0n) is 42.9. The first kappa shape index (κ1) is 58.9. The van der Waals surface area contributed by atoms with Crippen LogP contribution in [0.4, 0.5) is 59.3 Å². The second-order valence-electron chi connectivity index (χ2n) is 20.4. The van der Waals surface area contributed by atoms with Crippen molar-refractivity contribution < 1.29 is 82.4 Å². The Bertz CT molecular complexity index is 2740. The summed E-state index contributed by atoms with van der Waals surface area (Å²) >= 11 is 0. The third-order valence-corrected chi connectivity index (χ3v) is 14.5. The fourth-order valence-electron chi connectivity index (χ4n) is 9.44. The van der Waals surface area contributed by atoms with Crippen molar-refractivity contribution in [3.05, 3.63) is 89.8 Å². The van der Waals surface area contributed by atoms with Gasteiger partial charge in [-0.2, -0.15) is 40.2 Å². The molecule has 4 amide bonds. The van der Waals surface area contributed by atoms with E-state index in [2.05, 4.69) is 29.7 Å². The number of piperazine rings is 1. The highest BCUT2D eigenvalue weighted by Crippen LogP contribution is 2.42. The van der Waals surface area contributed by atoms with Gasteiger partial charge in [-0.05, 0) is 82.0 Å². The molecule has 6 heterocycles. The largest absolute Gasteiger partial charge is 0.453 e. The number of rotatable bonds is 20. The predicted octanol–water partition coefficient (Wildman–Crippen LogP) is 6.49. The monoisotopic (exact) mass is 1120 g/mol. The fourth-order valence-corrected chi connectivity index (χ4v) is 9.44. The van der Waals surface area contributed by atoms with Crippen molar-refractivity contribution in [2.75, 3.05) is 52.0 Å². The van der Waals surface area contributed by atoms with Crippen LogP contribution in [0.15, 0.2) is 67.0 Å². The molecule has 8 rings (SSSR count). The summed E-state index contributed by atoms with van der Waals surface area (Å²) in [6.45, 7) is -0.0165. The maximum absolute atomic E-state index is 16.0. The van der Waals surface area contributed by atoms with E-state index in [1.165, 1.54) is 0 Å². The van der Waals surface area contributed by atoms with Gasteiger partial charge in [-0.1, -0.05) is 24.3 Å². The van der Waals surface area contributed by atoms with Crippen LogP contribution < -0.4 is 26.3 Å². The molecule has 6 atom stereocenters. The van der Waals surface area contributed by atoms with E-state index >= 15 is 8.78 Å². The van der Waals surface area contributed by atoms with Gasteiger partial charge in [-0.3, -0.25) is 19.9 Å². The van der Waals surface area contributed by atoms with Gasteiger partial charge in [0.2, 0.25) is 5.91 Å². The zero-order chi connectivity index (χ0) is 57.2. The first-order chi connectivity index (χ1) is 36.5. The number of carbonyl (C=O) groups is 4. The van der Waals surface area contributed by atoms with Gasteiger partial charge in [-0.25, -0.2) is 33.0 Å². The predicted molar refractivity (Wildman–Crippen MR) is 258 cm³/mol. The van der Waals surface area contributed by atoms with Crippen molar-refractivity contribution in [1.29, 1.82) is 0 Å². The molecule has 0 saturated carbocycles. The number of alkyl carbamates (subject to hydrolysis) is 2. The van der Waals surface area contributed by atoms with Crippen LogP contribution in [0.2, 0.25) is 0 Å². The number of benzene rings is 2. The minimum Gasteiger partial charge on any atom is -0.453 e. The number of fused-ring (bicyclic) bond motifs is 2. The zero-order valence-corrected chi connectivity index (χ0v) is 42.9. The number of hydrogen-bond acceptors (Lipinski definition) is 13. The third-order valence-electron chi connectivity index (χ3n) is 14.5. The number of amides is 4. The molecule has 0 spiro atoms. The lowest BCUT2D eigenvalue weighted by Crippen LogP contribution is -2.74.